The van der Waals surface area contributed by atoms with Crippen molar-refractivity contribution in [2.45, 2.75) is 25.3 Å². The van der Waals surface area contributed by atoms with Gasteiger partial charge in [0.05, 0.1) is 13.2 Å². The van der Waals surface area contributed by atoms with Crippen molar-refractivity contribution >= 4 is 17.5 Å². The van der Waals surface area contributed by atoms with E-state index in [-0.39, 0.29) is 24.4 Å². The first-order valence-corrected chi connectivity index (χ1v) is 10.8. The van der Waals surface area contributed by atoms with Gasteiger partial charge in [0.15, 0.2) is 18.1 Å². The van der Waals surface area contributed by atoms with Gasteiger partial charge >= 0.3 is 0 Å². The van der Waals surface area contributed by atoms with Gasteiger partial charge in [-0.15, -0.1) is 0 Å². The number of halogens is 1. The minimum atomic E-state index is -0.401. The maximum atomic E-state index is 13.0. The number of hydrogen-bond donors (Lipinski definition) is 2. The summed E-state index contributed by atoms with van der Waals surface area (Å²) >= 11 is 0. The third-order valence-electron chi connectivity index (χ3n) is 5.59. The van der Waals surface area contributed by atoms with Crippen LogP contribution in [0.2, 0.25) is 0 Å². The molecular formula is C26H25FN2O4. The van der Waals surface area contributed by atoms with E-state index < -0.39 is 5.91 Å². The van der Waals surface area contributed by atoms with Crippen molar-refractivity contribution < 1.29 is 23.5 Å². The van der Waals surface area contributed by atoms with Crippen LogP contribution in [0.5, 0.6) is 11.5 Å². The lowest BCUT2D eigenvalue weighted by molar-refractivity contribution is -0.118. The average Bonchev–Trinajstić information content (AvgIpc) is 2.84. The minimum absolute atomic E-state index is 0.0282. The van der Waals surface area contributed by atoms with Gasteiger partial charge in [0.1, 0.15) is 5.82 Å². The number of amides is 2. The molecule has 3 aromatic rings. The molecule has 170 valence electrons. The lowest BCUT2D eigenvalue weighted by Crippen LogP contribution is -2.31. The van der Waals surface area contributed by atoms with Gasteiger partial charge in [0.25, 0.3) is 11.8 Å². The van der Waals surface area contributed by atoms with Gasteiger partial charge in [0, 0.05) is 11.3 Å². The summed E-state index contributed by atoms with van der Waals surface area (Å²) in [6.07, 6.45) is 2.94. The summed E-state index contributed by atoms with van der Waals surface area (Å²) in [6.45, 7) is -0.266. The van der Waals surface area contributed by atoms with Crippen LogP contribution >= 0.6 is 0 Å². The highest BCUT2D eigenvalue weighted by Crippen LogP contribution is 2.31. The zero-order chi connectivity index (χ0) is 23.2. The van der Waals surface area contributed by atoms with Crippen molar-refractivity contribution in [3.63, 3.8) is 0 Å². The molecule has 3 aromatic carbocycles. The highest BCUT2D eigenvalue weighted by atomic mass is 19.1. The van der Waals surface area contributed by atoms with Gasteiger partial charge in [-0.25, -0.2) is 4.39 Å². The monoisotopic (exact) mass is 448 g/mol. The zero-order valence-corrected chi connectivity index (χ0v) is 18.3. The van der Waals surface area contributed by atoms with Gasteiger partial charge in [0.2, 0.25) is 0 Å². The Balaban J connectivity index is 1.39. The molecule has 0 radical (unpaired) electrons. The Morgan fingerprint density at radius 1 is 1.03 bits per heavy atom. The van der Waals surface area contributed by atoms with Crippen molar-refractivity contribution in [1.82, 2.24) is 5.32 Å². The molecule has 7 heteroatoms. The molecule has 1 atom stereocenters. The van der Waals surface area contributed by atoms with E-state index in [1.54, 1.807) is 18.2 Å². The van der Waals surface area contributed by atoms with Crippen LogP contribution < -0.4 is 20.1 Å². The third-order valence-corrected chi connectivity index (χ3v) is 5.59. The summed E-state index contributed by atoms with van der Waals surface area (Å²) < 4.78 is 23.9. The first-order valence-electron chi connectivity index (χ1n) is 10.8. The largest absolute Gasteiger partial charge is 0.493 e. The fourth-order valence-electron chi connectivity index (χ4n) is 3.95. The number of carbonyl (C=O) groups is 2. The van der Waals surface area contributed by atoms with Crippen molar-refractivity contribution in [1.29, 1.82) is 0 Å². The molecule has 0 spiro atoms. The van der Waals surface area contributed by atoms with E-state index in [0.29, 0.717) is 22.7 Å². The fourth-order valence-corrected chi connectivity index (χ4v) is 3.95. The predicted molar refractivity (Wildman–Crippen MR) is 123 cm³/mol. The first kappa shape index (κ1) is 22.3. The van der Waals surface area contributed by atoms with E-state index in [4.69, 9.17) is 9.47 Å². The molecular weight excluding hydrogens is 423 g/mol. The van der Waals surface area contributed by atoms with Gasteiger partial charge in [-0.1, -0.05) is 24.3 Å². The van der Waals surface area contributed by atoms with Gasteiger partial charge in [-0.2, -0.15) is 0 Å². The quantitative estimate of drug-likeness (QED) is 0.551. The molecule has 4 rings (SSSR count). The minimum Gasteiger partial charge on any atom is -0.493 e. The van der Waals surface area contributed by atoms with Crippen LogP contribution in [0.4, 0.5) is 10.1 Å². The number of benzene rings is 3. The summed E-state index contributed by atoms with van der Waals surface area (Å²) in [7, 11) is 1.47. The topological polar surface area (TPSA) is 76.7 Å². The van der Waals surface area contributed by atoms with Crippen LogP contribution in [0.25, 0.3) is 0 Å². The Kier molecular flexibility index (Phi) is 6.88. The normalized spacial score (nSPS) is 14.7. The number of hydrogen-bond acceptors (Lipinski definition) is 4. The second kappa shape index (κ2) is 10.2. The smallest absolute Gasteiger partial charge is 0.262 e. The van der Waals surface area contributed by atoms with Crippen LogP contribution in [-0.2, 0) is 11.2 Å². The number of anilines is 1. The Bertz CT molecular complexity index is 1150. The molecule has 1 aliphatic rings. The molecule has 0 aliphatic heterocycles. The molecule has 0 saturated heterocycles. The number of methoxy groups -OCH3 is 1. The van der Waals surface area contributed by atoms with Gasteiger partial charge in [-0.05, 0) is 72.9 Å². The second-order valence-electron chi connectivity index (χ2n) is 7.83. The number of ether oxygens (including phenoxy) is 2. The molecule has 33 heavy (non-hydrogen) atoms. The van der Waals surface area contributed by atoms with E-state index in [2.05, 4.69) is 22.8 Å². The van der Waals surface area contributed by atoms with E-state index in [0.717, 1.165) is 24.8 Å². The molecule has 2 amide bonds. The van der Waals surface area contributed by atoms with Crippen LogP contribution in [0.1, 0.15) is 40.4 Å². The van der Waals surface area contributed by atoms with Crippen molar-refractivity contribution in [3.8, 4) is 11.5 Å². The Morgan fingerprint density at radius 3 is 2.61 bits per heavy atom. The Morgan fingerprint density at radius 2 is 1.82 bits per heavy atom. The predicted octanol–water partition coefficient (Wildman–Crippen LogP) is 4.66. The van der Waals surface area contributed by atoms with Gasteiger partial charge < -0.3 is 20.1 Å². The molecule has 0 heterocycles. The molecule has 0 aromatic heterocycles. The summed E-state index contributed by atoms with van der Waals surface area (Å²) in [5, 5.41) is 5.74. The number of aryl methyl sites for hydroxylation is 1. The number of rotatable bonds is 7. The second-order valence-corrected chi connectivity index (χ2v) is 7.83. The average molecular weight is 448 g/mol. The lowest BCUT2D eigenvalue weighted by Gasteiger charge is -2.26. The number of nitrogens with one attached hydrogen (secondary N) is 2. The van der Waals surface area contributed by atoms with Crippen LogP contribution in [-0.4, -0.2) is 25.5 Å². The van der Waals surface area contributed by atoms with E-state index in [1.807, 2.05) is 12.1 Å². The Hall–Kier alpha value is -3.87. The summed E-state index contributed by atoms with van der Waals surface area (Å²) in [4.78, 5) is 25.0. The van der Waals surface area contributed by atoms with Crippen molar-refractivity contribution in [2.75, 3.05) is 19.0 Å². The molecule has 6 nitrogen and oxygen atoms in total. The SMILES string of the molecule is COc1cc(C(=O)N[C@H]2CCCc3ccccc32)ccc1OCC(=O)Nc1ccc(F)cc1. The van der Waals surface area contributed by atoms with E-state index in [1.165, 1.54) is 36.9 Å². The molecule has 0 saturated carbocycles. The molecule has 0 unspecified atom stereocenters. The van der Waals surface area contributed by atoms with Crippen LogP contribution in [0.3, 0.4) is 0 Å². The Labute approximate surface area is 191 Å². The van der Waals surface area contributed by atoms with Crippen LogP contribution in [0.15, 0.2) is 66.7 Å². The highest BCUT2D eigenvalue weighted by molar-refractivity contribution is 5.95. The molecule has 0 bridgehead atoms. The molecule has 1 aliphatic carbocycles. The van der Waals surface area contributed by atoms with Crippen LogP contribution in [0, 0.1) is 5.82 Å². The van der Waals surface area contributed by atoms with E-state index in [9.17, 15) is 14.0 Å². The van der Waals surface area contributed by atoms with E-state index >= 15 is 0 Å². The number of fused-ring (bicyclic) bond motifs is 1. The molecule has 0 fully saturated rings. The maximum Gasteiger partial charge on any atom is 0.262 e. The summed E-state index contributed by atoms with van der Waals surface area (Å²) in [5.41, 5.74) is 3.34. The standard InChI is InChI=1S/C26H25FN2O4/c1-32-24-15-18(26(31)29-22-8-4-6-17-5-2-3-7-21(17)22)9-14-23(24)33-16-25(30)28-20-12-10-19(27)11-13-20/h2-3,5,7,9-15,22H,4,6,8,16H2,1H3,(H,28,30)(H,29,31)/t22-/m0/s1. The fraction of sp³-hybridized carbons (Fsp3) is 0.231. The maximum absolute atomic E-state index is 13.0. The zero-order valence-electron chi connectivity index (χ0n) is 18.3. The molecule has 2 N–H and O–H groups in total. The summed E-state index contributed by atoms with van der Waals surface area (Å²) in [5.74, 6) is -0.296. The van der Waals surface area contributed by atoms with Crippen molar-refractivity contribution in [3.05, 3.63) is 89.2 Å². The highest BCUT2D eigenvalue weighted by Gasteiger charge is 2.22. The summed E-state index contributed by atoms with van der Waals surface area (Å²) in [6, 6.07) is 18.4. The third kappa shape index (κ3) is 5.49. The van der Waals surface area contributed by atoms with Gasteiger partial charge in [-0.3, -0.25) is 9.59 Å². The van der Waals surface area contributed by atoms with Crippen molar-refractivity contribution in [2.24, 2.45) is 0 Å². The number of carbonyl (C=O) groups excluding carboxylic acids is 2. The lowest BCUT2D eigenvalue weighted by atomic mass is 9.87. The first-order chi connectivity index (χ1) is 16.0.